The topological polar surface area (TPSA) is 64.7 Å². The summed E-state index contributed by atoms with van der Waals surface area (Å²) in [5.74, 6) is 1.84. The van der Waals surface area contributed by atoms with Crippen molar-refractivity contribution in [1.29, 1.82) is 0 Å². The van der Waals surface area contributed by atoms with E-state index in [1.807, 2.05) is 72.8 Å². The quantitative estimate of drug-likeness (QED) is 0.229. The zero-order chi connectivity index (χ0) is 27.2. The van der Waals surface area contributed by atoms with Crippen LogP contribution in [0.4, 0.5) is 0 Å². The number of fused-ring (bicyclic) bond motifs is 4. The molecule has 0 aliphatic rings. The molecule has 0 aliphatic heterocycles. The maximum absolute atomic E-state index is 6.30. The van der Waals surface area contributed by atoms with E-state index in [4.69, 9.17) is 19.4 Å². The van der Waals surface area contributed by atoms with Gasteiger partial charge in [0.1, 0.15) is 11.2 Å². The first-order valence-corrected chi connectivity index (χ1v) is 13.5. The zero-order valence-electron chi connectivity index (χ0n) is 21.9. The molecule has 0 atom stereocenters. The highest BCUT2D eigenvalue weighted by molar-refractivity contribution is 6.14. The van der Waals surface area contributed by atoms with E-state index in [1.54, 1.807) is 6.20 Å². The Morgan fingerprint density at radius 2 is 1.10 bits per heavy atom. The van der Waals surface area contributed by atoms with Gasteiger partial charge < -0.3 is 4.42 Å². The Bertz CT molecular complexity index is 2190. The Hall–Kier alpha value is -5.68. The third-order valence-corrected chi connectivity index (χ3v) is 7.38. The predicted molar refractivity (Wildman–Crippen MR) is 164 cm³/mol. The van der Waals surface area contributed by atoms with Gasteiger partial charge in [-0.2, -0.15) is 0 Å². The van der Waals surface area contributed by atoms with Crippen LogP contribution in [0.5, 0.6) is 0 Å². The minimum Gasteiger partial charge on any atom is -0.456 e. The van der Waals surface area contributed by atoms with E-state index in [0.717, 1.165) is 55.1 Å². The van der Waals surface area contributed by atoms with Gasteiger partial charge in [-0.3, -0.25) is 4.98 Å². The molecule has 0 saturated heterocycles. The minimum absolute atomic E-state index is 0.598. The third kappa shape index (κ3) is 4.12. The van der Waals surface area contributed by atoms with Gasteiger partial charge in [-0.25, -0.2) is 15.0 Å². The lowest BCUT2D eigenvalue weighted by molar-refractivity contribution is 0.669. The van der Waals surface area contributed by atoms with Crippen LogP contribution in [0.3, 0.4) is 0 Å². The Kier molecular flexibility index (Phi) is 5.38. The second-order valence-corrected chi connectivity index (χ2v) is 9.94. The number of pyridine rings is 1. The minimum atomic E-state index is 0.598. The largest absolute Gasteiger partial charge is 0.456 e. The number of hydrogen-bond donors (Lipinski definition) is 0. The molecule has 5 heteroatoms. The second-order valence-electron chi connectivity index (χ2n) is 9.94. The van der Waals surface area contributed by atoms with Gasteiger partial charge in [0.25, 0.3) is 0 Å². The van der Waals surface area contributed by atoms with Crippen molar-refractivity contribution in [3.8, 4) is 45.3 Å². The van der Waals surface area contributed by atoms with E-state index in [2.05, 4.69) is 59.6 Å². The van der Waals surface area contributed by atoms with Crippen molar-refractivity contribution in [1.82, 2.24) is 19.9 Å². The summed E-state index contributed by atoms with van der Waals surface area (Å²) in [5, 5.41) is 3.03. The summed E-state index contributed by atoms with van der Waals surface area (Å²) in [6.45, 7) is 0. The number of benzene rings is 5. The average molecular weight is 527 g/mol. The van der Waals surface area contributed by atoms with Gasteiger partial charge in [-0.1, -0.05) is 103 Å². The number of nitrogens with zero attached hydrogens (tertiary/aromatic N) is 4. The van der Waals surface area contributed by atoms with Crippen molar-refractivity contribution < 1.29 is 4.42 Å². The summed E-state index contributed by atoms with van der Waals surface area (Å²) in [6, 6.07) is 42.9. The molecule has 0 saturated carbocycles. The first-order valence-electron chi connectivity index (χ1n) is 13.5. The lowest BCUT2D eigenvalue weighted by atomic mass is 10.0. The van der Waals surface area contributed by atoms with Crippen LogP contribution in [0.15, 0.2) is 138 Å². The lowest BCUT2D eigenvalue weighted by Gasteiger charge is -2.10. The Morgan fingerprint density at radius 3 is 1.85 bits per heavy atom. The van der Waals surface area contributed by atoms with Crippen molar-refractivity contribution in [2.24, 2.45) is 0 Å². The SMILES string of the molecule is c1ccc(-c2ccc(-c3nc(-c4ccccc4)nc(-c4cccc5oc6cc7ncccc7cc6c45)n3)cc2)cc1. The summed E-state index contributed by atoms with van der Waals surface area (Å²) in [5.41, 5.74) is 7.52. The fourth-order valence-corrected chi connectivity index (χ4v) is 5.36. The molecule has 0 fully saturated rings. The standard InChI is InChI=1S/C36H22N4O/c1-3-9-23(10-4-1)24-16-18-26(19-17-24)35-38-34(25-11-5-2-6-12-25)39-36(40-35)28-14-7-15-31-33(28)29-21-27-13-8-20-37-30(27)22-32(29)41-31/h1-22H. The summed E-state index contributed by atoms with van der Waals surface area (Å²) in [6.07, 6.45) is 1.80. The van der Waals surface area contributed by atoms with Crippen molar-refractivity contribution >= 4 is 32.8 Å². The van der Waals surface area contributed by atoms with Gasteiger partial charge in [0.15, 0.2) is 17.5 Å². The van der Waals surface area contributed by atoms with Crippen LogP contribution < -0.4 is 0 Å². The normalized spacial score (nSPS) is 11.4. The molecule has 3 aromatic heterocycles. The summed E-state index contributed by atoms with van der Waals surface area (Å²) >= 11 is 0. The zero-order valence-corrected chi connectivity index (χ0v) is 21.9. The van der Waals surface area contributed by atoms with E-state index in [1.165, 1.54) is 5.56 Å². The number of aromatic nitrogens is 4. The van der Waals surface area contributed by atoms with Crippen LogP contribution in [-0.2, 0) is 0 Å². The smallest absolute Gasteiger partial charge is 0.164 e. The summed E-state index contributed by atoms with van der Waals surface area (Å²) in [7, 11) is 0. The maximum atomic E-state index is 6.30. The third-order valence-electron chi connectivity index (χ3n) is 7.38. The molecule has 8 aromatic rings. The van der Waals surface area contributed by atoms with E-state index in [9.17, 15) is 0 Å². The van der Waals surface area contributed by atoms with Crippen molar-refractivity contribution in [2.75, 3.05) is 0 Å². The highest BCUT2D eigenvalue weighted by Crippen LogP contribution is 2.38. The fourth-order valence-electron chi connectivity index (χ4n) is 5.36. The molecule has 0 N–H and O–H groups in total. The van der Waals surface area contributed by atoms with Crippen molar-refractivity contribution in [3.05, 3.63) is 134 Å². The van der Waals surface area contributed by atoms with Crippen LogP contribution in [0.25, 0.3) is 78.1 Å². The number of furan rings is 1. The molecular formula is C36H22N4O. The van der Waals surface area contributed by atoms with Gasteiger partial charge in [0.2, 0.25) is 0 Å². The lowest BCUT2D eigenvalue weighted by Crippen LogP contribution is -2.00. The first-order chi connectivity index (χ1) is 20.3. The van der Waals surface area contributed by atoms with Crippen LogP contribution in [-0.4, -0.2) is 19.9 Å². The van der Waals surface area contributed by atoms with E-state index >= 15 is 0 Å². The summed E-state index contributed by atoms with van der Waals surface area (Å²) < 4.78 is 6.30. The Morgan fingerprint density at radius 1 is 0.463 bits per heavy atom. The highest BCUT2D eigenvalue weighted by atomic mass is 16.3. The summed E-state index contributed by atoms with van der Waals surface area (Å²) in [4.78, 5) is 19.4. The molecule has 0 aliphatic carbocycles. The molecule has 0 bridgehead atoms. The van der Waals surface area contributed by atoms with Crippen LogP contribution in [0.2, 0.25) is 0 Å². The van der Waals surface area contributed by atoms with Crippen LogP contribution in [0, 0.1) is 0 Å². The number of rotatable bonds is 4. The molecule has 0 spiro atoms. The van der Waals surface area contributed by atoms with Gasteiger partial charge in [0, 0.05) is 45.1 Å². The average Bonchev–Trinajstić information content (AvgIpc) is 3.42. The molecule has 41 heavy (non-hydrogen) atoms. The second kappa shape index (κ2) is 9.50. The molecule has 0 unspecified atom stereocenters. The predicted octanol–water partition coefficient (Wildman–Crippen LogP) is 8.99. The van der Waals surface area contributed by atoms with E-state index in [0.29, 0.717) is 17.5 Å². The first kappa shape index (κ1) is 23.2. The van der Waals surface area contributed by atoms with Crippen LogP contribution in [0.1, 0.15) is 0 Å². The number of hydrogen-bond acceptors (Lipinski definition) is 5. The highest BCUT2D eigenvalue weighted by Gasteiger charge is 2.18. The van der Waals surface area contributed by atoms with Gasteiger partial charge in [-0.15, -0.1) is 0 Å². The molecule has 192 valence electrons. The Balaban J connectivity index is 1.34. The Labute approximate surface area is 235 Å². The molecule has 0 amide bonds. The van der Waals surface area contributed by atoms with Gasteiger partial charge in [0.05, 0.1) is 5.52 Å². The molecule has 5 aromatic carbocycles. The molecular weight excluding hydrogens is 504 g/mol. The van der Waals surface area contributed by atoms with Gasteiger partial charge in [-0.05, 0) is 29.3 Å². The van der Waals surface area contributed by atoms with Crippen molar-refractivity contribution in [3.63, 3.8) is 0 Å². The van der Waals surface area contributed by atoms with Crippen molar-refractivity contribution in [2.45, 2.75) is 0 Å². The molecule has 0 radical (unpaired) electrons. The molecule has 3 heterocycles. The molecule has 5 nitrogen and oxygen atoms in total. The monoisotopic (exact) mass is 526 g/mol. The van der Waals surface area contributed by atoms with Crippen LogP contribution >= 0.6 is 0 Å². The van der Waals surface area contributed by atoms with Gasteiger partial charge >= 0.3 is 0 Å². The molecule has 8 rings (SSSR count). The van der Waals surface area contributed by atoms with E-state index < -0.39 is 0 Å². The fraction of sp³-hybridized carbons (Fsp3) is 0. The van der Waals surface area contributed by atoms with E-state index in [-0.39, 0.29) is 0 Å². The maximum Gasteiger partial charge on any atom is 0.164 e.